The lowest BCUT2D eigenvalue weighted by Gasteiger charge is -2.03. The maximum atomic E-state index is 11.1. The number of ether oxygens (including phenoxy) is 2. The van der Waals surface area contributed by atoms with Crippen LogP contribution in [0.3, 0.4) is 0 Å². The lowest BCUT2D eigenvalue weighted by Crippen LogP contribution is -2.05. The van der Waals surface area contributed by atoms with Crippen molar-refractivity contribution in [1.82, 2.24) is 0 Å². The van der Waals surface area contributed by atoms with E-state index in [4.69, 9.17) is 4.74 Å². The number of esters is 2. The zero-order valence-electron chi connectivity index (χ0n) is 9.54. The van der Waals surface area contributed by atoms with Gasteiger partial charge in [0.05, 0.1) is 13.7 Å². The van der Waals surface area contributed by atoms with Crippen molar-refractivity contribution in [3.05, 3.63) is 11.6 Å². The van der Waals surface area contributed by atoms with Crippen molar-refractivity contribution in [2.45, 2.75) is 33.1 Å². The average Bonchev–Trinajstić information content (AvgIpc) is 2.23. The van der Waals surface area contributed by atoms with Crippen LogP contribution in [0.2, 0.25) is 0 Å². The first kappa shape index (κ1) is 13.7. The standard InChI is InChI=1S/C11H18O4/c1-4-7-15-10(12)6-5-9(2)8-11(13)14-3/h8H,4-7H2,1-3H3/b9-8+. The number of carbonyl (C=O) groups excluding carboxylic acids is 2. The van der Waals surface area contributed by atoms with E-state index in [2.05, 4.69) is 4.74 Å². The molecule has 0 fully saturated rings. The average molecular weight is 214 g/mol. The van der Waals surface area contributed by atoms with Crippen LogP contribution in [0.25, 0.3) is 0 Å². The van der Waals surface area contributed by atoms with Crippen molar-refractivity contribution in [2.75, 3.05) is 13.7 Å². The fourth-order valence-electron chi connectivity index (χ4n) is 0.920. The van der Waals surface area contributed by atoms with Crippen molar-refractivity contribution in [2.24, 2.45) is 0 Å². The number of allylic oxidation sites excluding steroid dienone is 1. The summed E-state index contributed by atoms with van der Waals surface area (Å²) in [6, 6.07) is 0. The molecular weight excluding hydrogens is 196 g/mol. The molecule has 0 atom stereocenters. The predicted octanol–water partition coefficient (Wildman–Crippen LogP) is 1.84. The molecule has 0 unspecified atom stereocenters. The van der Waals surface area contributed by atoms with Gasteiger partial charge in [0.15, 0.2) is 0 Å². The molecule has 0 heterocycles. The molecule has 0 aromatic heterocycles. The Hall–Kier alpha value is -1.32. The zero-order valence-corrected chi connectivity index (χ0v) is 9.54. The highest BCUT2D eigenvalue weighted by atomic mass is 16.5. The molecule has 0 bridgehead atoms. The fraction of sp³-hybridized carbons (Fsp3) is 0.636. The van der Waals surface area contributed by atoms with Crippen LogP contribution in [-0.4, -0.2) is 25.7 Å². The summed E-state index contributed by atoms with van der Waals surface area (Å²) in [5.74, 6) is -0.621. The quantitative estimate of drug-likeness (QED) is 0.500. The summed E-state index contributed by atoms with van der Waals surface area (Å²) in [6.45, 7) is 4.18. The molecule has 0 aliphatic heterocycles. The van der Waals surface area contributed by atoms with Crippen LogP contribution in [-0.2, 0) is 19.1 Å². The third-order valence-corrected chi connectivity index (χ3v) is 1.76. The van der Waals surface area contributed by atoms with Crippen LogP contribution in [0.4, 0.5) is 0 Å². The maximum absolute atomic E-state index is 11.1. The Labute approximate surface area is 90.2 Å². The fourth-order valence-corrected chi connectivity index (χ4v) is 0.920. The summed E-state index contributed by atoms with van der Waals surface area (Å²) in [7, 11) is 1.32. The van der Waals surface area contributed by atoms with Crippen molar-refractivity contribution in [3.63, 3.8) is 0 Å². The minimum Gasteiger partial charge on any atom is -0.466 e. The van der Waals surface area contributed by atoms with E-state index in [1.165, 1.54) is 13.2 Å². The first-order valence-corrected chi connectivity index (χ1v) is 5.00. The third kappa shape index (κ3) is 7.73. The Kier molecular flexibility index (Phi) is 7.32. The number of hydrogen-bond acceptors (Lipinski definition) is 4. The predicted molar refractivity (Wildman–Crippen MR) is 56.3 cm³/mol. The topological polar surface area (TPSA) is 52.6 Å². The van der Waals surface area contributed by atoms with Crippen molar-refractivity contribution >= 4 is 11.9 Å². The molecule has 0 saturated carbocycles. The smallest absolute Gasteiger partial charge is 0.330 e. The molecule has 0 spiro atoms. The van der Waals surface area contributed by atoms with E-state index in [1.807, 2.05) is 6.92 Å². The number of carbonyl (C=O) groups is 2. The molecule has 0 aromatic rings. The number of hydrogen-bond donors (Lipinski definition) is 0. The summed E-state index contributed by atoms with van der Waals surface area (Å²) >= 11 is 0. The van der Waals surface area contributed by atoms with Crippen LogP contribution in [0.15, 0.2) is 11.6 Å². The van der Waals surface area contributed by atoms with Gasteiger partial charge in [0.1, 0.15) is 0 Å². The Morgan fingerprint density at radius 3 is 2.47 bits per heavy atom. The molecule has 0 radical (unpaired) electrons. The van der Waals surface area contributed by atoms with Crippen LogP contribution in [0.1, 0.15) is 33.1 Å². The minimum atomic E-state index is -0.394. The zero-order chi connectivity index (χ0) is 11.7. The van der Waals surface area contributed by atoms with Gasteiger partial charge < -0.3 is 9.47 Å². The lowest BCUT2D eigenvalue weighted by atomic mass is 10.1. The van der Waals surface area contributed by atoms with Gasteiger partial charge >= 0.3 is 11.9 Å². The number of rotatable bonds is 6. The van der Waals surface area contributed by atoms with Gasteiger partial charge in [0.25, 0.3) is 0 Å². The monoisotopic (exact) mass is 214 g/mol. The van der Waals surface area contributed by atoms with Gasteiger partial charge in [0.2, 0.25) is 0 Å². The van der Waals surface area contributed by atoms with E-state index in [1.54, 1.807) is 6.92 Å². The molecule has 0 aliphatic carbocycles. The third-order valence-electron chi connectivity index (χ3n) is 1.76. The lowest BCUT2D eigenvalue weighted by molar-refractivity contribution is -0.143. The molecule has 0 rings (SSSR count). The second-order valence-corrected chi connectivity index (χ2v) is 3.23. The van der Waals surface area contributed by atoms with E-state index in [9.17, 15) is 9.59 Å². The highest BCUT2D eigenvalue weighted by Crippen LogP contribution is 2.05. The molecule has 4 nitrogen and oxygen atoms in total. The van der Waals surface area contributed by atoms with E-state index in [-0.39, 0.29) is 5.97 Å². The van der Waals surface area contributed by atoms with E-state index >= 15 is 0 Å². The molecule has 86 valence electrons. The van der Waals surface area contributed by atoms with E-state index in [0.29, 0.717) is 19.4 Å². The van der Waals surface area contributed by atoms with Gasteiger partial charge in [0, 0.05) is 12.5 Å². The maximum Gasteiger partial charge on any atom is 0.330 e. The summed E-state index contributed by atoms with van der Waals surface area (Å²) < 4.78 is 9.35. The molecule has 0 amide bonds. The Balaban J connectivity index is 3.79. The second-order valence-electron chi connectivity index (χ2n) is 3.23. The second kappa shape index (κ2) is 8.03. The highest BCUT2D eigenvalue weighted by Gasteiger charge is 2.03. The Bertz CT molecular complexity index is 243. The molecule has 0 saturated heterocycles. The van der Waals surface area contributed by atoms with Gasteiger partial charge in [-0.1, -0.05) is 12.5 Å². The first-order valence-electron chi connectivity index (χ1n) is 5.00. The molecule has 4 heteroatoms. The SMILES string of the molecule is CCCOC(=O)CC/C(C)=C/C(=O)OC. The van der Waals surface area contributed by atoms with Gasteiger partial charge in [-0.05, 0) is 19.8 Å². The van der Waals surface area contributed by atoms with Crippen molar-refractivity contribution < 1.29 is 19.1 Å². The molecule has 0 aliphatic rings. The summed E-state index contributed by atoms with van der Waals surface area (Å²) in [5, 5.41) is 0. The van der Waals surface area contributed by atoms with Crippen molar-refractivity contribution in [3.8, 4) is 0 Å². The molecular formula is C11H18O4. The Morgan fingerprint density at radius 1 is 1.27 bits per heavy atom. The van der Waals surface area contributed by atoms with Crippen LogP contribution in [0, 0.1) is 0 Å². The van der Waals surface area contributed by atoms with E-state index in [0.717, 1.165) is 12.0 Å². The van der Waals surface area contributed by atoms with Crippen LogP contribution >= 0.6 is 0 Å². The normalized spacial score (nSPS) is 11.0. The van der Waals surface area contributed by atoms with Gasteiger partial charge in [-0.3, -0.25) is 4.79 Å². The van der Waals surface area contributed by atoms with Crippen LogP contribution in [0.5, 0.6) is 0 Å². The van der Waals surface area contributed by atoms with Crippen molar-refractivity contribution in [1.29, 1.82) is 0 Å². The largest absolute Gasteiger partial charge is 0.466 e. The van der Waals surface area contributed by atoms with Gasteiger partial charge in [-0.15, -0.1) is 0 Å². The Morgan fingerprint density at radius 2 is 1.93 bits per heavy atom. The number of methoxy groups -OCH3 is 1. The first-order chi connectivity index (χ1) is 7.10. The minimum absolute atomic E-state index is 0.227. The van der Waals surface area contributed by atoms with Gasteiger partial charge in [-0.2, -0.15) is 0 Å². The molecule has 0 aromatic carbocycles. The van der Waals surface area contributed by atoms with Gasteiger partial charge in [-0.25, -0.2) is 4.79 Å². The van der Waals surface area contributed by atoms with E-state index < -0.39 is 5.97 Å². The summed E-state index contributed by atoms with van der Waals surface area (Å²) in [4.78, 5) is 21.9. The van der Waals surface area contributed by atoms with Crippen LogP contribution < -0.4 is 0 Å². The summed E-state index contributed by atoms with van der Waals surface area (Å²) in [6.07, 6.45) is 3.03. The summed E-state index contributed by atoms with van der Waals surface area (Å²) in [5.41, 5.74) is 0.815. The highest BCUT2D eigenvalue weighted by molar-refractivity contribution is 5.82. The molecule has 15 heavy (non-hydrogen) atoms. The molecule has 0 N–H and O–H groups in total.